The minimum Gasteiger partial charge on any atom is -0.365 e. The molecule has 2 bridgehead atoms. The van der Waals surface area contributed by atoms with E-state index in [4.69, 9.17) is 0 Å². The molecule has 3 aliphatic heterocycles. The summed E-state index contributed by atoms with van der Waals surface area (Å²) in [7, 11) is 0. The molecule has 4 heterocycles. The van der Waals surface area contributed by atoms with Crippen LogP contribution >= 0.6 is 15.9 Å². The Morgan fingerprint density at radius 2 is 2.00 bits per heavy atom. The summed E-state index contributed by atoms with van der Waals surface area (Å²) in [4.78, 5) is 6.22. The molecule has 0 aliphatic carbocycles. The quantitative estimate of drug-likeness (QED) is 0.887. The Labute approximate surface area is 123 Å². The van der Waals surface area contributed by atoms with Crippen molar-refractivity contribution in [2.75, 3.05) is 25.0 Å². The highest BCUT2D eigenvalue weighted by Gasteiger charge is 2.38. The van der Waals surface area contributed by atoms with Crippen molar-refractivity contribution in [3.63, 3.8) is 0 Å². The van der Waals surface area contributed by atoms with Crippen LogP contribution in [0.2, 0.25) is 0 Å². The first kappa shape index (κ1) is 14.1. The summed E-state index contributed by atoms with van der Waals surface area (Å²) in [6.45, 7) is 2.92. The fourth-order valence-electron chi connectivity index (χ4n) is 3.07. The number of nitrogens with one attached hydrogen (secondary N) is 1. The van der Waals surface area contributed by atoms with Gasteiger partial charge in [-0.3, -0.25) is 0 Å². The zero-order valence-corrected chi connectivity index (χ0v) is 12.3. The van der Waals surface area contributed by atoms with Crippen LogP contribution in [0.5, 0.6) is 0 Å². The Balaban J connectivity index is 1.84. The first-order valence-electron chi connectivity index (χ1n) is 6.65. The van der Waals surface area contributed by atoms with E-state index in [1.54, 1.807) is 0 Å². The summed E-state index contributed by atoms with van der Waals surface area (Å²) in [5.41, 5.74) is -0.705. The molecule has 7 heteroatoms. The zero-order valence-electron chi connectivity index (χ0n) is 10.8. The van der Waals surface area contributed by atoms with Crippen molar-refractivity contribution >= 4 is 21.7 Å². The van der Waals surface area contributed by atoms with E-state index >= 15 is 0 Å². The highest BCUT2D eigenvalue weighted by atomic mass is 79.9. The molecular formula is C13H15BrF3N3. The van der Waals surface area contributed by atoms with E-state index in [0.717, 1.165) is 38.5 Å². The zero-order chi connectivity index (χ0) is 14.3. The summed E-state index contributed by atoms with van der Waals surface area (Å²) in [6.07, 6.45) is -0.892. The van der Waals surface area contributed by atoms with Crippen LogP contribution in [-0.2, 0) is 6.18 Å². The van der Waals surface area contributed by atoms with Gasteiger partial charge in [-0.25, -0.2) is 4.98 Å². The lowest BCUT2D eigenvalue weighted by Crippen LogP contribution is -2.53. The minimum absolute atomic E-state index is 0.0561. The van der Waals surface area contributed by atoms with Gasteiger partial charge in [-0.05, 0) is 53.8 Å². The Hall–Kier alpha value is -0.820. The number of anilines is 1. The topological polar surface area (TPSA) is 28.2 Å². The molecule has 3 nitrogen and oxygen atoms in total. The molecule has 0 saturated carbocycles. The molecule has 3 fully saturated rings. The summed E-state index contributed by atoms with van der Waals surface area (Å²) in [5.74, 6) is 0.394. The average Bonchev–Trinajstić information content (AvgIpc) is 2.41. The normalized spacial score (nSPS) is 29.5. The van der Waals surface area contributed by atoms with Gasteiger partial charge in [0.2, 0.25) is 0 Å². The second kappa shape index (κ2) is 5.18. The number of rotatable bonds is 2. The third-order valence-corrected chi connectivity index (χ3v) is 4.57. The largest absolute Gasteiger partial charge is 0.419 e. The Morgan fingerprint density at radius 1 is 1.30 bits per heavy atom. The van der Waals surface area contributed by atoms with Crippen LogP contribution in [-0.4, -0.2) is 35.6 Å². The molecule has 1 aromatic heterocycles. The van der Waals surface area contributed by atoms with E-state index in [-0.39, 0.29) is 11.9 Å². The van der Waals surface area contributed by atoms with Gasteiger partial charge in [0.15, 0.2) is 0 Å². The first-order chi connectivity index (χ1) is 9.43. The average molecular weight is 350 g/mol. The van der Waals surface area contributed by atoms with Gasteiger partial charge in [-0.2, -0.15) is 13.2 Å². The fraction of sp³-hybridized carbons (Fsp3) is 0.615. The number of fused-ring (bicyclic) bond motifs is 3. The highest BCUT2D eigenvalue weighted by Crippen LogP contribution is 2.37. The highest BCUT2D eigenvalue weighted by molar-refractivity contribution is 9.10. The predicted molar refractivity (Wildman–Crippen MR) is 73.5 cm³/mol. The molecule has 1 N–H and O–H groups in total. The molecular weight excluding hydrogens is 335 g/mol. The lowest BCUT2D eigenvalue weighted by molar-refractivity contribution is -0.137. The van der Waals surface area contributed by atoms with Gasteiger partial charge in [0, 0.05) is 23.3 Å². The second-order valence-corrected chi connectivity index (χ2v) is 6.35. The molecule has 0 spiro atoms. The van der Waals surface area contributed by atoms with Crippen molar-refractivity contribution in [2.45, 2.75) is 25.1 Å². The van der Waals surface area contributed by atoms with Crippen LogP contribution in [0.3, 0.4) is 0 Å². The number of piperidine rings is 3. The molecule has 0 amide bonds. The number of hydrogen-bond acceptors (Lipinski definition) is 3. The molecule has 0 aromatic carbocycles. The predicted octanol–water partition coefficient (Wildman–Crippen LogP) is 3.37. The first-order valence-corrected chi connectivity index (χ1v) is 7.44. The van der Waals surface area contributed by atoms with E-state index in [0.29, 0.717) is 10.4 Å². The Bertz CT molecular complexity index is 498. The molecule has 3 aliphatic rings. The lowest BCUT2D eigenvalue weighted by Gasteiger charge is -2.45. The van der Waals surface area contributed by atoms with E-state index < -0.39 is 11.7 Å². The van der Waals surface area contributed by atoms with Gasteiger partial charge in [0.25, 0.3) is 0 Å². The van der Waals surface area contributed by atoms with Crippen LogP contribution in [0.15, 0.2) is 16.7 Å². The third kappa shape index (κ3) is 2.79. The van der Waals surface area contributed by atoms with Crippen LogP contribution in [0, 0.1) is 5.92 Å². The SMILES string of the molecule is FC(F)(F)c1cc(Br)cnc1NC1CN2CCC1CC2. The maximum Gasteiger partial charge on any atom is 0.419 e. The van der Waals surface area contributed by atoms with E-state index in [1.807, 2.05) is 0 Å². The molecule has 1 unspecified atom stereocenters. The summed E-state index contributed by atoms with van der Waals surface area (Å²) in [6, 6.07) is 1.14. The van der Waals surface area contributed by atoms with Gasteiger partial charge in [0.1, 0.15) is 5.82 Å². The molecule has 4 rings (SSSR count). The molecule has 0 radical (unpaired) electrons. The van der Waals surface area contributed by atoms with Crippen molar-refractivity contribution in [2.24, 2.45) is 5.92 Å². The van der Waals surface area contributed by atoms with Crippen molar-refractivity contribution in [3.8, 4) is 0 Å². The van der Waals surface area contributed by atoms with E-state index in [9.17, 15) is 13.2 Å². The monoisotopic (exact) mass is 349 g/mol. The number of halogens is 4. The lowest BCUT2D eigenvalue weighted by atomic mass is 9.84. The molecule has 110 valence electrons. The van der Waals surface area contributed by atoms with Crippen molar-refractivity contribution < 1.29 is 13.2 Å². The van der Waals surface area contributed by atoms with Gasteiger partial charge < -0.3 is 10.2 Å². The number of alkyl halides is 3. The maximum absolute atomic E-state index is 13.1. The summed E-state index contributed by atoms with van der Waals surface area (Å²) < 4.78 is 39.5. The number of nitrogens with zero attached hydrogens (tertiary/aromatic N) is 2. The maximum atomic E-state index is 13.1. The van der Waals surface area contributed by atoms with E-state index in [1.165, 1.54) is 6.20 Å². The smallest absolute Gasteiger partial charge is 0.365 e. The standard InChI is InChI=1S/C13H15BrF3N3/c14-9-5-10(13(15,16)17)12(18-6-9)19-11-7-20-3-1-8(11)2-4-20/h5-6,8,11H,1-4,7H2,(H,18,19). The molecule has 20 heavy (non-hydrogen) atoms. The van der Waals surface area contributed by atoms with Crippen molar-refractivity contribution in [3.05, 3.63) is 22.3 Å². The Morgan fingerprint density at radius 3 is 2.55 bits per heavy atom. The van der Waals surface area contributed by atoms with Gasteiger partial charge in [0.05, 0.1) is 5.56 Å². The van der Waals surface area contributed by atoms with Gasteiger partial charge in [-0.15, -0.1) is 0 Å². The van der Waals surface area contributed by atoms with Crippen molar-refractivity contribution in [1.29, 1.82) is 0 Å². The third-order valence-electron chi connectivity index (χ3n) is 4.14. The van der Waals surface area contributed by atoms with Crippen molar-refractivity contribution in [1.82, 2.24) is 9.88 Å². The molecule has 1 atom stereocenters. The number of pyridine rings is 1. The van der Waals surface area contributed by atoms with Gasteiger partial charge in [-0.1, -0.05) is 0 Å². The van der Waals surface area contributed by atoms with Crippen LogP contribution in [0.4, 0.5) is 19.0 Å². The Kier molecular flexibility index (Phi) is 3.66. The van der Waals surface area contributed by atoms with Gasteiger partial charge >= 0.3 is 6.18 Å². The summed E-state index contributed by atoms with van der Waals surface area (Å²) in [5, 5.41) is 3.02. The number of aromatic nitrogens is 1. The second-order valence-electron chi connectivity index (χ2n) is 5.44. The molecule has 3 saturated heterocycles. The summed E-state index contributed by atoms with van der Waals surface area (Å²) >= 11 is 3.05. The fourth-order valence-corrected chi connectivity index (χ4v) is 3.41. The van der Waals surface area contributed by atoms with Crippen LogP contribution in [0.1, 0.15) is 18.4 Å². The van der Waals surface area contributed by atoms with Crippen LogP contribution in [0.25, 0.3) is 0 Å². The number of hydrogen-bond donors (Lipinski definition) is 1. The minimum atomic E-state index is -4.40. The van der Waals surface area contributed by atoms with Crippen LogP contribution < -0.4 is 5.32 Å². The molecule has 1 aromatic rings. The van der Waals surface area contributed by atoms with E-state index in [2.05, 4.69) is 31.1 Å².